The summed E-state index contributed by atoms with van der Waals surface area (Å²) in [6, 6.07) is 7.37. The number of pyridine rings is 1. The molecule has 0 saturated carbocycles. The smallest absolute Gasteiger partial charge is 0.151 e. The van der Waals surface area contributed by atoms with E-state index in [2.05, 4.69) is 15.6 Å². The Balaban J connectivity index is 2.37. The molecule has 20 heavy (non-hydrogen) atoms. The Hall–Kier alpha value is -2.03. The van der Waals surface area contributed by atoms with E-state index in [0.717, 1.165) is 0 Å². The highest BCUT2D eigenvalue weighted by Crippen LogP contribution is 2.31. The van der Waals surface area contributed by atoms with Crippen LogP contribution < -0.4 is 10.6 Å². The van der Waals surface area contributed by atoms with E-state index in [-0.39, 0.29) is 5.56 Å². The summed E-state index contributed by atoms with van der Waals surface area (Å²) in [5.41, 5.74) is 0.440. The average molecular weight is 311 g/mol. The molecule has 0 aliphatic heterocycles. The number of halogens is 3. The molecule has 0 saturated heterocycles. The van der Waals surface area contributed by atoms with Gasteiger partial charge in [-0.25, -0.2) is 9.37 Å². The van der Waals surface area contributed by atoms with Gasteiger partial charge in [-0.1, -0.05) is 23.2 Å². The van der Waals surface area contributed by atoms with Crippen LogP contribution in [0.3, 0.4) is 0 Å². The topological polar surface area (TPSA) is 60.7 Å². The average Bonchev–Trinajstić information content (AvgIpc) is 2.43. The first kappa shape index (κ1) is 14.4. The van der Waals surface area contributed by atoms with Crippen LogP contribution in [-0.4, -0.2) is 12.0 Å². The van der Waals surface area contributed by atoms with Gasteiger partial charge in [0.25, 0.3) is 0 Å². The van der Waals surface area contributed by atoms with Gasteiger partial charge in [-0.15, -0.1) is 0 Å². The maximum Gasteiger partial charge on any atom is 0.151 e. The fourth-order valence-electron chi connectivity index (χ4n) is 1.55. The number of nitriles is 1. The van der Waals surface area contributed by atoms with Crippen LogP contribution >= 0.6 is 23.2 Å². The Morgan fingerprint density at radius 2 is 1.90 bits per heavy atom. The van der Waals surface area contributed by atoms with E-state index in [9.17, 15) is 4.39 Å². The maximum absolute atomic E-state index is 13.2. The fraction of sp³-hybridized carbons (Fsp3) is 0.0769. The second kappa shape index (κ2) is 5.95. The van der Waals surface area contributed by atoms with E-state index in [1.807, 2.05) is 0 Å². The number of nitrogens with zero attached hydrogens (tertiary/aromatic N) is 2. The number of aromatic nitrogens is 1. The lowest BCUT2D eigenvalue weighted by atomic mass is 10.2. The molecule has 0 aliphatic rings. The summed E-state index contributed by atoms with van der Waals surface area (Å²) in [6.45, 7) is 0. The second-order valence-corrected chi connectivity index (χ2v) is 4.65. The molecule has 0 unspecified atom stereocenters. The van der Waals surface area contributed by atoms with Crippen molar-refractivity contribution in [1.29, 1.82) is 5.26 Å². The zero-order valence-electron chi connectivity index (χ0n) is 10.3. The first-order valence-corrected chi connectivity index (χ1v) is 6.31. The molecule has 0 radical (unpaired) electrons. The van der Waals surface area contributed by atoms with Crippen molar-refractivity contribution >= 4 is 40.5 Å². The number of hydrogen-bond acceptors (Lipinski definition) is 4. The van der Waals surface area contributed by atoms with Gasteiger partial charge < -0.3 is 10.6 Å². The molecule has 102 valence electrons. The molecule has 4 nitrogen and oxygen atoms in total. The molecule has 0 bridgehead atoms. The lowest BCUT2D eigenvalue weighted by Crippen LogP contribution is -2.00. The first-order valence-electron chi connectivity index (χ1n) is 5.55. The van der Waals surface area contributed by atoms with E-state index in [1.165, 1.54) is 18.2 Å². The standard InChI is InChI=1S/C13H9Cl2FN4/c1-18-12-9(14)5-10(15)13(20-12)19-8-2-3-11(16)7(4-8)6-17/h2-5H,1H3,(H2,18,19,20). The Kier molecular flexibility index (Phi) is 4.28. The maximum atomic E-state index is 13.2. The number of hydrogen-bond donors (Lipinski definition) is 2. The molecule has 0 fully saturated rings. The molecule has 2 rings (SSSR count). The SMILES string of the molecule is CNc1nc(Nc2ccc(F)c(C#N)c2)c(Cl)cc1Cl. The molecule has 2 N–H and O–H groups in total. The quantitative estimate of drug-likeness (QED) is 0.892. The summed E-state index contributed by atoms with van der Waals surface area (Å²) in [6.07, 6.45) is 0. The summed E-state index contributed by atoms with van der Waals surface area (Å²) in [4.78, 5) is 4.20. The van der Waals surface area contributed by atoms with Gasteiger partial charge >= 0.3 is 0 Å². The Morgan fingerprint density at radius 1 is 1.20 bits per heavy atom. The predicted octanol–water partition coefficient (Wildman–Crippen LogP) is 4.18. The van der Waals surface area contributed by atoms with Crippen LogP contribution in [0.25, 0.3) is 0 Å². The number of rotatable bonds is 3. The largest absolute Gasteiger partial charge is 0.372 e. The van der Waals surface area contributed by atoms with E-state index in [1.54, 1.807) is 19.2 Å². The highest BCUT2D eigenvalue weighted by Gasteiger charge is 2.10. The van der Waals surface area contributed by atoms with Gasteiger partial charge in [0.2, 0.25) is 0 Å². The molecule has 1 heterocycles. The van der Waals surface area contributed by atoms with Crippen molar-refractivity contribution in [3.05, 3.63) is 45.7 Å². The van der Waals surface area contributed by atoms with E-state index in [0.29, 0.717) is 27.4 Å². The van der Waals surface area contributed by atoms with Gasteiger partial charge in [0, 0.05) is 12.7 Å². The van der Waals surface area contributed by atoms with Crippen LogP contribution in [0.1, 0.15) is 5.56 Å². The van der Waals surface area contributed by atoms with Gasteiger partial charge in [-0.05, 0) is 24.3 Å². The molecule has 7 heteroatoms. The fourth-order valence-corrected chi connectivity index (χ4v) is 2.06. The number of benzene rings is 1. The van der Waals surface area contributed by atoms with Crippen molar-refractivity contribution < 1.29 is 4.39 Å². The van der Waals surface area contributed by atoms with Crippen LogP contribution in [0.2, 0.25) is 10.0 Å². The summed E-state index contributed by atoms with van der Waals surface area (Å²) < 4.78 is 13.2. The van der Waals surface area contributed by atoms with E-state index < -0.39 is 5.82 Å². The second-order valence-electron chi connectivity index (χ2n) is 3.83. The molecular formula is C13H9Cl2FN4. The highest BCUT2D eigenvalue weighted by atomic mass is 35.5. The molecule has 1 aromatic heterocycles. The summed E-state index contributed by atoms with van der Waals surface area (Å²) in [5.74, 6) is 0.237. The predicted molar refractivity (Wildman–Crippen MR) is 78.2 cm³/mol. The molecule has 1 aromatic carbocycles. The normalized spacial score (nSPS) is 9.95. The molecule has 0 spiro atoms. The van der Waals surface area contributed by atoms with Crippen molar-refractivity contribution in [3.8, 4) is 6.07 Å². The van der Waals surface area contributed by atoms with Crippen LogP contribution in [0, 0.1) is 17.1 Å². The van der Waals surface area contributed by atoms with Crippen molar-refractivity contribution in [2.45, 2.75) is 0 Å². The summed E-state index contributed by atoms with van der Waals surface area (Å²) in [5, 5.41) is 15.2. The Morgan fingerprint density at radius 3 is 2.55 bits per heavy atom. The first-order chi connectivity index (χ1) is 9.55. The van der Waals surface area contributed by atoms with Crippen LogP contribution in [0.4, 0.5) is 21.7 Å². The van der Waals surface area contributed by atoms with Crippen LogP contribution in [0.5, 0.6) is 0 Å². The molecule has 0 amide bonds. The lowest BCUT2D eigenvalue weighted by Gasteiger charge is -2.11. The van der Waals surface area contributed by atoms with Crippen molar-refractivity contribution in [2.75, 3.05) is 17.7 Å². The molecule has 2 aromatic rings. The lowest BCUT2D eigenvalue weighted by molar-refractivity contribution is 0.624. The van der Waals surface area contributed by atoms with Gasteiger partial charge in [0.05, 0.1) is 15.6 Å². The van der Waals surface area contributed by atoms with Crippen LogP contribution in [0.15, 0.2) is 24.3 Å². The van der Waals surface area contributed by atoms with Gasteiger partial charge in [0.15, 0.2) is 5.82 Å². The highest BCUT2D eigenvalue weighted by molar-refractivity contribution is 6.37. The van der Waals surface area contributed by atoms with Crippen molar-refractivity contribution in [1.82, 2.24) is 4.98 Å². The zero-order valence-corrected chi connectivity index (χ0v) is 11.8. The van der Waals surface area contributed by atoms with Crippen LogP contribution in [-0.2, 0) is 0 Å². The minimum atomic E-state index is -0.580. The molecule has 0 atom stereocenters. The van der Waals surface area contributed by atoms with Crippen molar-refractivity contribution in [3.63, 3.8) is 0 Å². The zero-order chi connectivity index (χ0) is 14.7. The summed E-state index contributed by atoms with van der Waals surface area (Å²) in [7, 11) is 1.68. The number of nitrogens with one attached hydrogen (secondary N) is 2. The van der Waals surface area contributed by atoms with Gasteiger partial charge in [0.1, 0.15) is 17.7 Å². The molecular weight excluding hydrogens is 302 g/mol. The number of anilines is 3. The minimum Gasteiger partial charge on any atom is -0.372 e. The third kappa shape index (κ3) is 2.93. The van der Waals surface area contributed by atoms with Crippen molar-refractivity contribution in [2.24, 2.45) is 0 Å². The van der Waals surface area contributed by atoms with Gasteiger partial charge in [-0.3, -0.25) is 0 Å². The Bertz CT molecular complexity index is 698. The van der Waals surface area contributed by atoms with Gasteiger partial charge in [-0.2, -0.15) is 5.26 Å². The molecule has 0 aliphatic carbocycles. The summed E-state index contributed by atoms with van der Waals surface area (Å²) >= 11 is 12.0. The third-order valence-electron chi connectivity index (χ3n) is 2.52. The Labute approximate surface area is 125 Å². The minimum absolute atomic E-state index is 0.0612. The van der Waals surface area contributed by atoms with E-state index in [4.69, 9.17) is 28.5 Å². The third-order valence-corrected chi connectivity index (χ3v) is 3.09. The van der Waals surface area contributed by atoms with E-state index >= 15 is 0 Å². The monoisotopic (exact) mass is 310 g/mol.